The van der Waals surface area contributed by atoms with E-state index in [1.165, 1.54) is 32.4 Å². The second kappa shape index (κ2) is 7.72. The predicted octanol–water partition coefficient (Wildman–Crippen LogP) is 1.67. The number of benzene rings is 1. The van der Waals surface area contributed by atoms with E-state index in [-0.39, 0.29) is 28.7 Å². The smallest absolute Gasteiger partial charge is 0.341 e. The number of ether oxygens (including phenoxy) is 2. The first-order chi connectivity index (χ1) is 11.8. The average molecular weight is 370 g/mol. The van der Waals surface area contributed by atoms with Gasteiger partial charge in [-0.05, 0) is 37.0 Å². The Labute approximate surface area is 148 Å². The van der Waals surface area contributed by atoms with Gasteiger partial charge in [0.1, 0.15) is 11.3 Å². The summed E-state index contributed by atoms with van der Waals surface area (Å²) in [5.41, 5.74) is 5.34. The SMILES string of the molecule is COC(=O)c1cc(S(=O)(=O)NC2(CN)CCCCC2C)ccc1OC. The molecule has 2 atom stereocenters. The molecule has 1 aromatic rings. The summed E-state index contributed by atoms with van der Waals surface area (Å²) in [6, 6.07) is 4.12. The highest BCUT2D eigenvalue weighted by Crippen LogP contribution is 2.34. The Morgan fingerprint density at radius 2 is 2.08 bits per heavy atom. The molecule has 0 aliphatic heterocycles. The number of rotatable bonds is 6. The minimum absolute atomic E-state index is 0.0145. The van der Waals surface area contributed by atoms with Gasteiger partial charge in [-0.2, -0.15) is 0 Å². The van der Waals surface area contributed by atoms with Gasteiger partial charge in [0, 0.05) is 12.1 Å². The molecule has 3 N–H and O–H groups in total. The summed E-state index contributed by atoms with van der Waals surface area (Å²) >= 11 is 0. The minimum Gasteiger partial charge on any atom is -0.496 e. The van der Waals surface area contributed by atoms with Crippen LogP contribution >= 0.6 is 0 Å². The zero-order valence-corrected chi connectivity index (χ0v) is 15.7. The van der Waals surface area contributed by atoms with Crippen LogP contribution in [0.4, 0.5) is 0 Å². The van der Waals surface area contributed by atoms with Crippen LogP contribution in [0.1, 0.15) is 43.0 Å². The van der Waals surface area contributed by atoms with E-state index < -0.39 is 21.5 Å². The molecule has 2 rings (SSSR count). The number of methoxy groups -OCH3 is 2. The van der Waals surface area contributed by atoms with E-state index in [2.05, 4.69) is 4.72 Å². The van der Waals surface area contributed by atoms with Crippen molar-refractivity contribution in [1.29, 1.82) is 0 Å². The van der Waals surface area contributed by atoms with Crippen LogP contribution < -0.4 is 15.2 Å². The van der Waals surface area contributed by atoms with Crippen molar-refractivity contribution in [2.75, 3.05) is 20.8 Å². The maximum Gasteiger partial charge on any atom is 0.341 e. The molecule has 2 unspecified atom stereocenters. The molecule has 0 spiro atoms. The molecule has 1 fully saturated rings. The Morgan fingerprint density at radius 1 is 1.36 bits per heavy atom. The molecule has 0 amide bonds. The van der Waals surface area contributed by atoms with Crippen LogP contribution in [0.2, 0.25) is 0 Å². The lowest BCUT2D eigenvalue weighted by Crippen LogP contribution is -2.58. The predicted molar refractivity (Wildman–Crippen MR) is 94.1 cm³/mol. The molecule has 140 valence electrons. The fraction of sp³-hybridized carbons (Fsp3) is 0.588. The lowest BCUT2D eigenvalue weighted by Gasteiger charge is -2.42. The van der Waals surface area contributed by atoms with Gasteiger partial charge in [0.25, 0.3) is 0 Å². The van der Waals surface area contributed by atoms with Crippen molar-refractivity contribution in [3.05, 3.63) is 23.8 Å². The molecule has 1 aliphatic rings. The normalized spacial score (nSPS) is 23.9. The summed E-state index contributed by atoms with van der Waals surface area (Å²) < 4.78 is 38.4. The monoisotopic (exact) mass is 370 g/mol. The van der Waals surface area contributed by atoms with E-state index in [0.717, 1.165) is 19.3 Å². The number of nitrogens with one attached hydrogen (secondary N) is 1. The molecule has 0 heterocycles. The molecule has 0 aromatic heterocycles. The third-order valence-electron chi connectivity index (χ3n) is 5.04. The summed E-state index contributed by atoms with van der Waals surface area (Å²) in [5.74, 6) is -0.266. The van der Waals surface area contributed by atoms with Crippen LogP contribution in [0.25, 0.3) is 0 Å². The molecule has 0 radical (unpaired) electrons. The van der Waals surface area contributed by atoms with Gasteiger partial charge in [0.15, 0.2) is 0 Å². The first-order valence-corrected chi connectivity index (χ1v) is 9.78. The van der Waals surface area contributed by atoms with Gasteiger partial charge in [0.05, 0.1) is 19.1 Å². The van der Waals surface area contributed by atoms with E-state index in [1.54, 1.807) is 0 Å². The van der Waals surface area contributed by atoms with E-state index >= 15 is 0 Å². The highest BCUT2D eigenvalue weighted by molar-refractivity contribution is 7.89. The summed E-state index contributed by atoms with van der Waals surface area (Å²) in [5, 5.41) is 0. The van der Waals surface area contributed by atoms with Gasteiger partial charge in [-0.1, -0.05) is 19.8 Å². The van der Waals surface area contributed by atoms with Crippen LogP contribution in [0, 0.1) is 5.92 Å². The van der Waals surface area contributed by atoms with Crippen LogP contribution in [0.3, 0.4) is 0 Å². The summed E-state index contributed by atoms with van der Waals surface area (Å²) in [4.78, 5) is 11.9. The zero-order chi connectivity index (χ0) is 18.7. The lowest BCUT2D eigenvalue weighted by molar-refractivity contribution is 0.0597. The molecule has 1 aromatic carbocycles. The maximum absolute atomic E-state index is 12.9. The van der Waals surface area contributed by atoms with Crippen molar-refractivity contribution in [1.82, 2.24) is 4.72 Å². The number of nitrogens with two attached hydrogens (primary N) is 1. The van der Waals surface area contributed by atoms with Crippen LogP contribution in [0.15, 0.2) is 23.1 Å². The second-order valence-electron chi connectivity index (χ2n) is 6.47. The van der Waals surface area contributed by atoms with Crippen LogP contribution in [0.5, 0.6) is 5.75 Å². The second-order valence-corrected chi connectivity index (χ2v) is 8.15. The van der Waals surface area contributed by atoms with Crippen LogP contribution in [-0.4, -0.2) is 40.7 Å². The minimum atomic E-state index is -3.85. The molecule has 0 bridgehead atoms. The van der Waals surface area contributed by atoms with Gasteiger partial charge in [0.2, 0.25) is 10.0 Å². The number of hydrogen-bond donors (Lipinski definition) is 2. The Hall–Kier alpha value is -1.64. The van der Waals surface area contributed by atoms with Gasteiger partial charge in [-0.25, -0.2) is 17.9 Å². The summed E-state index contributed by atoms with van der Waals surface area (Å²) in [6.45, 7) is 2.25. The first kappa shape index (κ1) is 19.7. The summed E-state index contributed by atoms with van der Waals surface area (Å²) in [7, 11) is -1.21. The topological polar surface area (TPSA) is 108 Å². The zero-order valence-electron chi connectivity index (χ0n) is 14.9. The lowest BCUT2D eigenvalue weighted by atomic mass is 9.74. The van der Waals surface area contributed by atoms with E-state index in [0.29, 0.717) is 6.42 Å². The van der Waals surface area contributed by atoms with Crippen molar-refractivity contribution >= 4 is 16.0 Å². The molecule has 0 saturated heterocycles. The van der Waals surface area contributed by atoms with Gasteiger partial charge >= 0.3 is 5.97 Å². The fourth-order valence-electron chi connectivity index (χ4n) is 3.36. The van der Waals surface area contributed by atoms with Crippen molar-refractivity contribution in [2.24, 2.45) is 11.7 Å². The standard InChI is InChI=1S/C17H26N2O5S/c1-12-6-4-5-9-17(12,11-18)19-25(21,22)13-7-8-15(23-2)14(10-13)16(20)24-3/h7-8,10,12,19H,4-6,9,11,18H2,1-3H3. The van der Waals surface area contributed by atoms with Crippen LogP contribution in [-0.2, 0) is 14.8 Å². The van der Waals surface area contributed by atoms with Crippen molar-refractivity contribution in [3.63, 3.8) is 0 Å². The number of sulfonamides is 1. The molecular formula is C17H26N2O5S. The van der Waals surface area contributed by atoms with Crippen molar-refractivity contribution in [3.8, 4) is 5.75 Å². The van der Waals surface area contributed by atoms with Gasteiger partial charge in [-0.15, -0.1) is 0 Å². The third kappa shape index (κ3) is 3.96. The Bertz CT molecular complexity index is 735. The number of carbonyl (C=O) groups is 1. The highest BCUT2D eigenvalue weighted by Gasteiger charge is 2.40. The molecular weight excluding hydrogens is 344 g/mol. The first-order valence-electron chi connectivity index (χ1n) is 8.30. The molecule has 8 heteroatoms. The van der Waals surface area contributed by atoms with Gasteiger partial charge < -0.3 is 15.2 Å². The number of carbonyl (C=O) groups excluding carboxylic acids is 1. The Balaban J connectivity index is 2.40. The molecule has 1 saturated carbocycles. The number of esters is 1. The van der Waals surface area contributed by atoms with Crippen molar-refractivity contribution in [2.45, 2.75) is 43.0 Å². The Morgan fingerprint density at radius 3 is 2.64 bits per heavy atom. The number of hydrogen-bond acceptors (Lipinski definition) is 6. The largest absolute Gasteiger partial charge is 0.496 e. The van der Waals surface area contributed by atoms with E-state index in [4.69, 9.17) is 15.2 Å². The average Bonchev–Trinajstić information content (AvgIpc) is 2.62. The third-order valence-corrected chi connectivity index (χ3v) is 6.59. The fourth-order valence-corrected chi connectivity index (χ4v) is 4.92. The molecule has 25 heavy (non-hydrogen) atoms. The quantitative estimate of drug-likeness (QED) is 0.738. The Kier molecular flexibility index (Phi) is 6.08. The van der Waals surface area contributed by atoms with E-state index in [9.17, 15) is 13.2 Å². The van der Waals surface area contributed by atoms with Gasteiger partial charge in [-0.3, -0.25) is 0 Å². The maximum atomic E-state index is 12.9. The molecule has 1 aliphatic carbocycles. The van der Waals surface area contributed by atoms with E-state index in [1.807, 2.05) is 6.92 Å². The summed E-state index contributed by atoms with van der Waals surface area (Å²) in [6.07, 6.45) is 3.62. The molecule has 7 nitrogen and oxygen atoms in total. The van der Waals surface area contributed by atoms with Crippen molar-refractivity contribution < 1.29 is 22.7 Å². The highest BCUT2D eigenvalue weighted by atomic mass is 32.2.